The van der Waals surface area contributed by atoms with Crippen LogP contribution in [0, 0.1) is 19.7 Å². The Hall–Kier alpha value is -3.90. The van der Waals surface area contributed by atoms with Crippen molar-refractivity contribution in [2.45, 2.75) is 44.4 Å². The second-order valence-corrected chi connectivity index (χ2v) is 12.0. The van der Waals surface area contributed by atoms with Gasteiger partial charge in [0, 0.05) is 37.3 Å². The molecule has 1 fully saturated rings. The van der Waals surface area contributed by atoms with Gasteiger partial charge in [0.1, 0.15) is 10.6 Å². The van der Waals surface area contributed by atoms with Crippen LogP contribution in [0.5, 0.6) is 23.0 Å². The lowest BCUT2D eigenvalue weighted by Gasteiger charge is -2.26. The number of rotatable bonds is 11. The molecule has 0 saturated carbocycles. The molecule has 0 bridgehead atoms. The summed E-state index contributed by atoms with van der Waals surface area (Å²) in [5, 5.41) is 4.77. The van der Waals surface area contributed by atoms with E-state index in [0.29, 0.717) is 46.1 Å². The van der Waals surface area contributed by atoms with Crippen LogP contribution in [0.4, 0.5) is 10.1 Å². The van der Waals surface area contributed by atoms with Crippen LogP contribution in [-0.4, -0.2) is 61.4 Å². The number of nitrogens with one attached hydrogen (secondary N) is 1. The Kier molecular flexibility index (Phi) is 8.83. The van der Waals surface area contributed by atoms with Gasteiger partial charge in [-0.25, -0.2) is 12.8 Å². The predicted octanol–water partition coefficient (Wildman–Crippen LogP) is 5.58. The van der Waals surface area contributed by atoms with Crippen LogP contribution in [0.1, 0.15) is 37.1 Å². The second-order valence-electron chi connectivity index (χ2n) is 10.4. The summed E-state index contributed by atoms with van der Waals surface area (Å²) in [5.74, 6) is 0.653. The smallest absolute Gasteiger partial charge is 0.265 e. The fourth-order valence-electron chi connectivity index (χ4n) is 5.26. The molecule has 2 aromatic carbocycles. The number of hydrogen-bond donors (Lipinski definition) is 1. The van der Waals surface area contributed by atoms with Crippen molar-refractivity contribution in [3.05, 3.63) is 59.8 Å². The first-order valence-corrected chi connectivity index (χ1v) is 15.5. The molecule has 0 radical (unpaired) electrons. The molecule has 12 heteroatoms. The van der Waals surface area contributed by atoms with Crippen molar-refractivity contribution < 1.29 is 27.0 Å². The second kappa shape index (κ2) is 12.5. The number of anilines is 1. The number of piperidine rings is 1. The topological polar surface area (TPSA) is 108 Å². The van der Waals surface area contributed by atoms with Crippen molar-refractivity contribution in [3.63, 3.8) is 0 Å². The van der Waals surface area contributed by atoms with Crippen LogP contribution in [0.25, 0.3) is 10.9 Å². The Balaban J connectivity index is 1.30. The lowest BCUT2D eigenvalue weighted by atomic mass is 10.1. The zero-order chi connectivity index (χ0) is 29.9. The van der Waals surface area contributed by atoms with E-state index in [-0.39, 0.29) is 16.3 Å². The SMILES string of the molecule is COc1cc2c(Oc3ccc(NS(=O)(=O)c4c(C)nn(C)c4C)cc3F)ccnc2cc1OCCCN1CCCCC1. The number of sulfonamides is 1. The van der Waals surface area contributed by atoms with Crippen molar-refractivity contribution in [3.8, 4) is 23.0 Å². The van der Waals surface area contributed by atoms with Crippen LogP contribution in [0.2, 0.25) is 0 Å². The molecule has 0 aliphatic carbocycles. The first-order valence-electron chi connectivity index (χ1n) is 14.0. The zero-order valence-electron chi connectivity index (χ0n) is 24.3. The molecule has 1 N–H and O–H groups in total. The number of methoxy groups -OCH3 is 1. The summed E-state index contributed by atoms with van der Waals surface area (Å²) in [6, 6.07) is 9.07. The summed E-state index contributed by atoms with van der Waals surface area (Å²) in [4.78, 5) is 6.98. The fraction of sp³-hybridized carbons (Fsp3) is 0.400. The first-order chi connectivity index (χ1) is 20.2. The molecule has 2 aromatic heterocycles. The van der Waals surface area contributed by atoms with Crippen molar-refractivity contribution in [2.75, 3.05) is 38.1 Å². The average molecular weight is 598 g/mol. The van der Waals surface area contributed by atoms with Crippen LogP contribution in [-0.2, 0) is 17.1 Å². The van der Waals surface area contributed by atoms with Gasteiger partial charge in [0.2, 0.25) is 0 Å². The van der Waals surface area contributed by atoms with E-state index in [0.717, 1.165) is 32.1 Å². The minimum Gasteiger partial charge on any atom is -0.493 e. The van der Waals surface area contributed by atoms with E-state index in [1.54, 1.807) is 52.4 Å². The summed E-state index contributed by atoms with van der Waals surface area (Å²) in [5.41, 5.74) is 1.50. The maximum Gasteiger partial charge on any atom is 0.265 e. The standard InChI is InChI=1S/C30H36FN5O5S/c1-20-30(21(2)35(3)33-20)42(37,38)34-22-9-10-27(24(31)17-22)41-26-11-12-32-25-19-29(28(39-4)18-23(25)26)40-16-8-15-36-13-6-5-7-14-36/h9-12,17-19,34H,5-8,13-16H2,1-4H3. The third kappa shape index (κ3) is 6.44. The van der Waals surface area contributed by atoms with Crippen LogP contribution < -0.4 is 18.9 Å². The van der Waals surface area contributed by atoms with Gasteiger partial charge in [-0.3, -0.25) is 14.4 Å². The van der Waals surface area contributed by atoms with Gasteiger partial charge < -0.3 is 19.1 Å². The number of aryl methyl sites for hydroxylation is 2. The number of nitrogens with zero attached hydrogens (tertiary/aromatic N) is 4. The summed E-state index contributed by atoms with van der Waals surface area (Å²) >= 11 is 0. The fourth-order valence-corrected chi connectivity index (χ4v) is 6.75. The molecule has 42 heavy (non-hydrogen) atoms. The molecule has 1 aliphatic rings. The highest BCUT2D eigenvalue weighted by Gasteiger charge is 2.24. The predicted molar refractivity (Wildman–Crippen MR) is 159 cm³/mol. The van der Waals surface area contributed by atoms with Crippen molar-refractivity contribution in [2.24, 2.45) is 7.05 Å². The molecule has 3 heterocycles. The minimum atomic E-state index is -3.97. The molecular formula is C30H36FN5O5S. The molecule has 10 nitrogen and oxygen atoms in total. The number of hydrogen-bond acceptors (Lipinski definition) is 8. The summed E-state index contributed by atoms with van der Waals surface area (Å²) in [7, 11) is -0.749. The van der Waals surface area contributed by atoms with Gasteiger partial charge in [0.15, 0.2) is 23.1 Å². The van der Waals surface area contributed by atoms with E-state index in [4.69, 9.17) is 14.2 Å². The number of halogens is 1. The third-order valence-electron chi connectivity index (χ3n) is 7.43. The zero-order valence-corrected chi connectivity index (χ0v) is 25.1. The number of benzene rings is 2. The molecular weight excluding hydrogens is 561 g/mol. The van der Waals surface area contributed by atoms with E-state index < -0.39 is 15.8 Å². The van der Waals surface area contributed by atoms with Crippen molar-refractivity contribution in [1.29, 1.82) is 0 Å². The summed E-state index contributed by atoms with van der Waals surface area (Å²) in [6.45, 7) is 7.12. The highest BCUT2D eigenvalue weighted by atomic mass is 32.2. The lowest BCUT2D eigenvalue weighted by molar-refractivity contribution is 0.203. The number of ether oxygens (including phenoxy) is 3. The van der Waals surface area contributed by atoms with Gasteiger partial charge in [0.05, 0.1) is 36.3 Å². The number of aromatic nitrogens is 3. The van der Waals surface area contributed by atoms with Crippen molar-refractivity contribution in [1.82, 2.24) is 19.7 Å². The van der Waals surface area contributed by atoms with Gasteiger partial charge in [-0.1, -0.05) is 6.42 Å². The molecule has 1 saturated heterocycles. The van der Waals surface area contributed by atoms with Crippen LogP contribution in [0.15, 0.2) is 47.5 Å². The number of fused-ring (bicyclic) bond motifs is 1. The van der Waals surface area contributed by atoms with Crippen LogP contribution in [0.3, 0.4) is 0 Å². The molecule has 0 spiro atoms. The van der Waals surface area contributed by atoms with Crippen molar-refractivity contribution >= 4 is 26.6 Å². The third-order valence-corrected chi connectivity index (χ3v) is 9.06. The van der Waals surface area contributed by atoms with Gasteiger partial charge in [-0.15, -0.1) is 0 Å². The van der Waals surface area contributed by atoms with E-state index in [9.17, 15) is 8.42 Å². The Morgan fingerprint density at radius 3 is 2.48 bits per heavy atom. The summed E-state index contributed by atoms with van der Waals surface area (Å²) < 4.78 is 62.6. The van der Waals surface area contributed by atoms with E-state index in [1.165, 1.54) is 36.1 Å². The first kappa shape index (κ1) is 29.6. The maximum atomic E-state index is 15.2. The molecule has 0 amide bonds. The molecule has 224 valence electrons. The molecule has 0 atom stereocenters. The molecule has 0 unspecified atom stereocenters. The highest BCUT2D eigenvalue weighted by molar-refractivity contribution is 7.92. The van der Waals surface area contributed by atoms with Crippen LogP contribution >= 0.6 is 0 Å². The molecule has 4 aromatic rings. The quantitative estimate of drug-likeness (QED) is 0.223. The van der Waals surface area contributed by atoms with E-state index >= 15 is 4.39 Å². The number of likely N-dealkylation sites (tertiary alicyclic amines) is 1. The number of pyridine rings is 1. The normalized spacial score (nSPS) is 14.2. The van der Waals surface area contributed by atoms with E-state index in [2.05, 4.69) is 19.7 Å². The van der Waals surface area contributed by atoms with Gasteiger partial charge >= 0.3 is 0 Å². The largest absolute Gasteiger partial charge is 0.493 e. The monoisotopic (exact) mass is 597 g/mol. The Morgan fingerprint density at radius 2 is 1.79 bits per heavy atom. The molecule has 5 rings (SSSR count). The van der Waals surface area contributed by atoms with E-state index in [1.807, 2.05) is 0 Å². The lowest BCUT2D eigenvalue weighted by Crippen LogP contribution is -2.31. The average Bonchev–Trinajstić information content (AvgIpc) is 3.23. The minimum absolute atomic E-state index is 0.0610. The highest BCUT2D eigenvalue weighted by Crippen LogP contribution is 2.38. The Bertz CT molecular complexity index is 1690. The Labute approximate surface area is 245 Å². The Morgan fingerprint density at radius 1 is 1.00 bits per heavy atom. The van der Waals surface area contributed by atoms with Gasteiger partial charge in [-0.2, -0.15) is 5.10 Å². The van der Waals surface area contributed by atoms with Gasteiger partial charge in [-0.05, 0) is 70.5 Å². The molecule has 1 aliphatic heterocycles. The summed E-state index contributed by atoms with van der Waals surface area (Å²) in [6.07, 6.45) is 6.31. The van der Waals surface area contributed by atoms with Gasteiger partial charge in [0.25, 0.3) is 10.0 Å². The maximum absolute atomic E-state index is 15.2.